The fourth-order valence-corrected chi connectivity index (χ4v) is 4.15. The first-order chi connectivity index (χ1) is 19.6. The average Bonchev–Trinajstić information content (AvgIpc) is 3.55. The number of rotatable bonds is 10. The number of nitrogens with zero attached hydrogens (tertiary/aromatic N) is 3. The van der Waals surface area contributed by atoms with Crippen molar-refractivity contribution in [1.29, 1.82) is 0 Å². The second kappa shape index (κ2) is 12.6. The number of ether oxygens (including phenoxy) is 3. The number of pyridine rings is 1. The first kappa shape index (κ1) is 26.4. The molecule has 1 N–H and O–H groups in total. The van der Waals surface area contributed by atoms with Gasteiger partial charge in [-0.1, -0.05) is 60.7 Å². The molecule has 0 radical (unpaired) electrons. The van der Waals surface area contributed by atoms with Crippen LogP contribution in [0.4, 0.5) is 4.79 Å². The number of aromatic nitrogens is 3. The van der Waals surface area contributed by atoms with Gasteiger partial charge < -0.3 is 19.5 Å². The van der Waals surface area contributed by atoms with Crippen LogP contribution in [0, 0.1) is 0 Å². The monoisotopic (exact) mass is 536 g/mol. The zero-order chi connectivity index (χ0) is 27.7. The Balaban J connectivity index is 1.35. The standard InChI is InChI=1S/C31H28N4O5/c1-38-24-12-13-25-28(18-24)33-27(23-10-6-3-7-11-23)19-29(25)39-17-14-26(34-31(37)35-16-15-32-21-35)30(36)40-20-22-8-4-2-5-9-22/h2-13,15-16,18-19,21,26H,14,17,20H2,1H3,(H,34,37)/t26-/m0/s1. The van der Waals surface area contributed by atoms with Gasteiger partial charge in [-0.2, -0.15) is 0 Å². The summed E-state index contributed by atoms with van der Waals surface area (Å²) < 4.78 is 18.4. The topological polar surface area (TPSA) is 105 Å². The second-order valence-corrected chi connectivity index (χ2v) is 8.96. The van der Waals surface area contributed by atoms with Crippen LogP contribution < -0.4 is 14.8 Å². The lowest BCUT2D eigenvalue weighted by molar-refractivity contribution is -0.147. The lowest BCUT2D eigenvalue weighted by atomic mass is 10.1. The lowest BCUT2D eigenvalue weighted by Crippen LogP contribution is -2.44. The molecule has 0 unspecified atom stereocenters. The normalized spacial score (nSPS) is 11.5. The molecule has 1 amide bonds. The van der Waals surface area contributed by atoms with E-state index in [1.807, 2.05) is 84.9 Å². The predicted molar refractivity (Wildman–Crippen MR) is 150 cm³/mol. The van der Waals surface area contributed by atoms with Crippen LogP contribution in [-0.2, 0) is 16.1 Å². The van der Waals surface area contributed by atoms with Gasteiger partial charge in [0.05, 0.1) is 24.9 Å². The highest BCUT2D eigenvalue weighted by Gasteiger charge is 2.23. The molecule has 2 aromatic heterocycles. The molecule has 9 heteroatoms. The second-order valence-electron chi connectivity index (χ2n) is 8.96. The van der Waals surface area contributed by atoms with Crippen LogP contribution in [0.15, 0.2) is 104 Å². The number of benzene rings is 3. The molecule has 0 saturated carbocycles. The van der Waals surface area contributed by atoms with E-state index < -0.39 is 18.0 Å². The summed E-state index contributed by atoms with van der Waals surface area (Å²) in [5, 5.41) is 3.53. The van der Waals surface area contributed by atoms with Crippen molar-refractivity contribution in [2.45, 2.75) is 19.1 Å². The molecule has 202 valence electrons. The molecule has 0 aliphatic rings. The van der Waals surface area contributed by atoms with E-state index in [4.69, 9.17) is 19.2 Å². The number of imidazole rings is 1. The van der Waals surface area contributed by atoms with Crippen LogP contribution in [0.25, 0.3) is 22.2 Å². The third-order valence-electron chi connectivity index (χ3n) is 6.26. The molecule has 0 aliphatic carbocycles. The van der Waals surface area contributed by atoms with E-state index in [2.05, 4.69) is 10.3 Å². The molecular formula is C31H28N4O5. The Labute approximate surface area is 231 Å². The highest BCUT2D eigenvalue weighted by atomic mass is 16.5. The molecule has 0 aliphatic heterocycles. The van der Waals surface area contributed by atoms with Crippen molar-refractivity contribution in [2.75, 3.05) is 13.7 Å². The largest absolute Gasteiger partial charge is 0.497 e. The van der Waals surface area contributed by atoms with Gasteiger partial charge in [0.1, 0.15) is 30.5 Å². The van der Waals surface area contributed by atoms with Gasteiger partial charge in [-0.25, -0.2) is 19.6 Å². The fraction of sp³-hybridized carbons (Fsp3) is 0.161. The summed E-state index contributed by atoms with van der Waals surface area (Å²) in [5.74, 6) is 0.721. The number of fused-ring (bicyclic) bond motifs is 1. The number of hydrogen-bond acceptors (Lipinski definition) is 7. The average molecular weight is 537 g/mol. The van der Waals surface area contributed by atoms with Crippen LogP contribution in [0.5, 0.6) is 11.5 Å². The summed E-state index contributed by atoms with van der Waals surface area (Å²) in [6, 6.07) is 25.2. The molecule has 1 atom stereocenters. The van der Waals surface area contributed by atoms with Crippen LogP contribution in [0.3, 0.4) is 0 Å². The number of nitrogens with one attached hydrogen (secondary N) is 1. The van der Waals surface area contributed by atoms with Crippen molar-refractivity contribution in [3.05, 3.63) is 109 Å². The first-order valence-electron chi connectivity index (χ1n) is 12.8. The van der Waals surface area contributed by atoms with E-state index in [0.29, 0.717) is 17.0 Å². The number of amides is 1. The summed E-state index contributed by atoms with van der Waals surface area (Å²) in [5.41, 5.74) is 3.23. The zero-order valence-corrected chi connectivity index (χ0v) is 21.9. The minimum atomic E-state index is -0.944. The number of esters is 1. The van der Waals surface area contributed by atoms with Gasteiger partial charge in [-0.05, 0) is 17.7 Å². The lowest BCUT2D eigenvalue weighted by Gasteiger charge is -2.19. The Bertz CT molecular complexity index is 1570. The molecule has 3 aromatic carbocycles. The smallest absolute Gasteiger partial charge is 0.329 e. The van der Waals surface area contributed by atoms with Crippen molar-refractivity contribution in [1.82, 2.24) is 19.9 Å². The number of hydrogen-bond donors (Lipinski definition) is 1. The highest BCUT2D eigenvalue weighted by molar-refractivity contribution is 5.89. The van der Waals surface area contributed by atoms with Gasteiger partial charge in [0, 0.05) is 41.9 Å². The fourth-order valence-electron chi connectivity index (χ4n) is 4.15. The Kier molecular flexibility index (Phi) is 8.31. The molecule has 5 aromatic rings. The first-order valence-corrected chi connectivity index (χ1v) is 12.8. The van der Waals surface area contributed by atoms with E-state index in [0.717, 1.165) is 22.2 Å². The molecular weight excluding hydrogens is 508 g/mol. The maximum Gasteiger partial charge on any atom is 0.329 e. The molecule has 0 fully saturated rings. The van der Waals surface area contributed by atoms with E-state index in [9.17, 15) is 9.59 Å². The van der Waals surface area contributed by atoms with E-state index >= 15 is 0 Å². The summed E-state index contributed by atoms with van der Waals surface area (Å²) in [6.07, 6.45) is 4.52. The Hall–Kier alpha value is -5.18. The van der Waals surface area contributed by atoms with E-state index in [-0.39, 0.29) is 19.6 Å². The van der Waals surface area contributed by atoms with Crippen LogP contribution in [-0.4, -0.2) is 46.3 Å². The summed E-state index contributed by atoms with van der Waals surface area (Å²) >= 11 is 0. The molecule has 0 saturated heterocycles. The van der Waals surface area contributed by atoms with E-state index in [1.165, 1.54) is 23.3 Å². The Morgan fingerprint density at radius 3 is 2.48 bits per heavy atom. The van der Waals surface area contributed by atoms with Gasteiger partial charge in [-0.15, -0.1) is 0 Å². The summed E-state index contributed by atoms with van der Waals surface area (Å²) in [7, 11) is 1.61. The molecule has 0 spiro atoms. The van der Waals surface area contributed by atoms with Crippen LogP contribution >= 0.6 is 0 Å². The molecule has 2 heterocycles. The third-order valence-corrected chi connectivity index (χ3v) is 6.26. The molecule has 0 bridgehead atoms. The molecule has 5 rings (SSSR count). The van der Waals surface area contributed by atoms with Crippen molar-refractivity contribution in [3.8, 4) is 22.8 Å². The third kappa shape index (κ3) is 6.44. The highest BCUT2D eigenvalue weighted by Crippen LogP contribution is 2.32. The number of carbonyl (C=O) groups is 2. The predicted octanol–water partition coefficient (Wildman–Crippen LogP) is 5.25. The maximum absolute atomic E-state index is 13.0. The number of carbonyl (C=O) groups excluding carboxylic acids is 2. The van der Waals surface area contributed by atoms with Gasteiger partial charge in [-0.3, -0.25) is 4.57 Å². The van der Waals surface area contributed by atoms with E-state index in [1.54, 1.807) is 7.11 Å². The minimum Gasteiger partial charge on any atom is -0.497 e. The Morgan fingerprint density at radius 1 is 0.975 bits per heavy atom. The van der Waals surface area contributed by atoms with Gasteiger partial charge in [0.15, 0.2) is 0 Å². The van der Waals surface area contributed by atoms with Gasteiger partial charge >= 0.3 is 12.0 Å². The summed E-state index contributed by atoms with van der Waals surface area (Å²) in [4.78, 5) is 34.5. The van der Waals surface area contributed by atoms with Gasteiger partial charge in [0.25, 0.3) is 0 Å². The van der Waals surface area contributed by atoms with Crippen molar-refractivity contribution in [2.24, 2.45) is 0 Å². The molecule has 40 heavy (non-hydrogen) atoms. The summed E-state index contributed by atoms with van der Waals surface area (Å²) in [6.45, 7) is 0.226. The Morgan fingerprint density at radius 2 is 1.75 bits per heavy atom. The van der Waals surface area contributed by atoms with Crippen LogP contribution in [0.1, 0.15) is 12.0 Å². The van der Waals surface area contributed by atoms with Gasteiger partial charge in [0.2, 0.25) is 0 Å². The van der Waals surface area contributed by atoms with Crippen LogP contribution in [0.2, 0.25) is 0 Å². The zero-order valence-electron chi connectivity index (χ0n) is 21.9. The van der Waals surface area contributed by atoms with Crippen molar-refractivity contribution >= 4 is 22.9 Å². The quantitative estimate of drug-likeness (QED) is 0.243. The van der Waals surface area contributed by atoms with Crippen molar-refractivity contribution in [3.63, 3.8) is 0 Å². The van der Waals surface area contributed by atoms with Crippen molar-refractivity contribution < 1.29 is 23.8 Å². The molecule has 9 nitrogen and oxygen atoms in total. The minimum absolute atomic E-state index is 0.0925. The SMILES string of the molecule is COc1ccc2c(OCC[C@H](NC(=O)n3ccnc3)C(=O)OCc3ccccc3)cc(-c3ccccc3)nc2c1. The maximum atomic E-state index is 13.0. The number of methoxy groups -OCH3 is 1.